The van der Waals surface area contributed by atoms with E-state index in [4.69, 9.17) is 4.74 Å². The zero-order valence-electron chi connectivity index (χ0n) is 14.3. The summed E-state index contributed by atoms with van der Waals surface area (Å²) >= 11 is 0. The van der Waals surface area contributed by atoms with Crippen molar-refractivity contribution in [2.24, 2.45) is 0 Å². The molecule has 25 heavy (non-hydrogen) atoms. The molecule has 0 aromatic heterocycles. The van der Waals surface area contributed by atoms with Crippen LogP contribution in [-0.2, 0) is 22.5 Å². The maximum absolute atomic E-state index is 12.5. The maximum Gasteiger partial charge on any atom is 0.339 e. The summed E-state index contributed by atoms with van der Waals surface area (Å²) in [5, 5.41) is 3.17. The lowest BCUT2D eigenvalue weighted by atomic mass is 10.00. The Hall–Kier alpha value is -2.82. The number of amides is 1. The predicted octanol–water partition coefficient (Wildman–Crippen LogP) is 2.86. The molecule has 0 saturated heterocycles. The Balaban J connectivity index is 1.55. The fourth-order valence-electron chi connectivity index (χ4n) is 3.10. The first-order valence-corrected chi connectivity index (χ1v) is 8.45. The Morgan fingerprint density at radius 2 is 1.80 bits per heavy atom. The lowest BCUT2D eigenvalue weighted by Gasteiger charge is -2.29. The van der Waals surface area contributed by atoms with E-state index in [0.717, 1.165) is 13.0 Å². The number of anilines is 1. The van der Waals surface area contributed by atoms with Gasteiger partial charge in [0.25, 0.3) is 0 Å². The maximum atomic E-state index is 12.5. The van der Waals surface area contributed by atoms with Crippen LogP contribution >= 0.6 is 0 Å². The average Bonchev–Trinajstić information content (AvgIpc) is 2.67. The average molecular weight is 338 g/mol. The van der Waals surface area contributed by atoms with Crippen LogP contribution in [0.5, 0.6) is 0 Å². The molecule has 0 unspecified atom stereocenters. The predicted molar refractivity (Wildman–Crippen MR) is 96.5 cm³/mol. The molecule has 0 bridgehead atoms. The summed E-state index contributed by atoms with van der Waals surface area (Å²) in [7, 11) is 1.36. The van der Waals surface area contributed by atoms with Gasteiger partial charge in [0.2, 0.25) is 5.91 Å². The second kappa shape index (κ2) is 7.83. The van der Waals surface area contributed by atoms with Crippen LogP contribution in [0.1, 0.15) is 27.9 Å². The second-order valence-corrected chi connectivity index (χ2v) is 6.05. The van der Waals surface area contributed by atoms with Crippen molar-refractivity contribution >= 4 is 17.6 Å². The summed E-state index contributed by atoms with van der Waals surface area (Å²) < 4.78 is 4.78. The van der Waals surface area contributed by atoms with Crippen molar-refractivity contribution in [3.05, 3.63) is 65.2 Å². The van der Waals surface area contributed by atoms with Crippen molar-refractivity contribution in [3.63, 3.8) is 0 Å². The molecule has 0 radical (unpaired) electrons. The Labute approximate surface area is 147 Å². The molecule has 1 amide bonds. The summed E-state index contributed by atoms with van der Waals surface area (Å²) in [4.78, 5) is 26.1. The molecule has 1 heterocycles. The van der Waals surface area contributed by atoms with Gasteiger partial charge in [0, 0.05) is 31.7 Å². The number of benzene rings is 2. The Morgan fingerprint density at radius 3 is 2.60 bits per heavy atom. The van der Waals surface area contributed by atoms with Gasteiger partial charge in [-0.25, -0.2) is 4.79 Å². The van der Waals surface area contributed by atoms with E-state index in [-0.39, 0.29) is 11.9 Å². The molecule has 5 heteroatoms. The fraction of sp³-hybridized carbons (Fsp3) is 0.300. The number of nitrogens with zero attached hydrogens (tertiary/aromatic N) is 1. The molecule has 2 aromatic rings. The third kappa shape index (κ3) is 3.99. The summed E-state index contributed by atoms with van der Waals surface area (Å²) in [6, 6.07) is 15.4. The summed E-state index contributed by atoms with van der Waals surface area (Å²) in [5.41, 5.74) is 3.72. The summed E-state index contributed by atoms with van der Waals surface area (Å²) in [5.74, 6) is -0.264. The highest BCUT2D eigenvalue weighted by Gasteiger charge is 2.20. The van der Waals surface area contributed by atoms with Crippen molar-refractivity contribution in [3.8, 4) is 0 Å². The monoisotopic (exact) mass is 338 g/mol. The highest BCUT2D eigenvalue weighted by molar-refractivity contribution is 5.95. The van der Waals surface area contributed by atoms with Crippen molar-refractivity contribution in [2.45, 2.75) is 19.4 Å². The molecule has 130 valence electrons. The Bertz CT molecular complexity index is 773. The molecule has 1 N–H and O–H groups in total. The third-order valence-electron chi connectivity index (χ3n) is 4.47. The quantitative estimate of drug-likeness (QED) is 0.852. The van der Waals surface area contributed by atoms with Crippen LogP contribution in [0, 0.1) is 0 Å². The number of nitrogens with one attached hydrogen (secondary N) is 1. The molecule has 0 atom stereocenters. The van der Waals surface area contributed by atoms with Crippen molar-refractivity contribution in [1.82, 2.24) is 4.90 Å². The smallest absolute Gasteiger partial charge is 0.339 e. The first-order valence-electron chi connectivity index (χ1n) is 8.45. The number of methoxy groups -OCH3 is 1. The van der Waals surface area contributed by atoms with Crippen LogP contribution < -0.4 is 5.32 Å². The third-order valence-corrected chi connectivity index (χ3v) is 4.47. The van der Waals surface area contributed by atoms with Crippen LogP contribution in [0.4, 0.5) is 5.69 Å². The van der Waals surface area contributed by atoms with Gasteiger partial charge in [0.15, 0.2) is 0 Å². The minimum atomic E-state index is -0.387. The number of carbonyl (C=O) groups is 2. The standard InChI is InChI=1S/C20H22N2O3/c1-25-20(24)17-8-4-5-9-18(17)21-12-10-19(23)22-13-11-15-6-2-3-7-16(15)14-22/h2-9,21H,10-14H2,1H3. The van der Waals surface area contributed by atoms with Crippen LogP contribution in [-0.4, -0.2) is 37.0 Å². The number of esters is 1. The number of rotatable bonds is 5. The van der Waals surface area contributed by atoms with E-state index in [1.54, 1.807) is 12.1 Å². The Morgan fingerprint density at radius 1 is 1.08 bits per heavy atom. The lowest BCUT2D eigenvalue weighted by molar-refractivity contribution is -0.131. The number of hydrogen-bond donors (Lipinski definition) is 1. The molecule has 1 aliphatic heterocycles. The number of hydrogen-bond acceptors (Lipinski definition) is 4. The molecular formula is C20H22N2O3. The minimum absolute atomic E-state index is 0.123. The molecule has 1 aliphatic rings. The van der Waals surface area contributed by atoms with E-state index in [0.29, 0.717) is 30.8 Å². The van der Waals surface area contributed by atoms with Gasteiger partial charge in [-0.15, -0.1) is 0 Å². The first-order chi connectivity index (χ1) is 12.2. The van der Waals surface area contributed by atoms with E-state index in [2.05, 4.69) is 17.4 Å². The van der Waals surface area contributed by atoms with Gasteiger partial charge in [-0.3, -0.25) is 4.79 Å². The van der Waals surface area contributed by atoms with Crippen LogP contribution in [0.2, 0.25) is 0 Å². The lowest BCUT2D eigenvalue weighted by Crippen LogP contribution is -2.36. The van der Waals surface area contributed by atoms with E-state index in [1.165, 1.54) is 18.2 Å². The van der Waals surface area contributed by atoms with Crippen molar-refractivity contribution in [2.75, 3.05) is 25.5 Å². The summed E-state index contributed by atoms with van der Waals surface area (Å²) in [6.45, 7) is 1.91. The van der Waals surface area contributed by atoms with Crippen LogP contribution in [0.3, 0.4) is 0 Å². The van der Waals surface area contributed by atoms with Crippen molar-refractivity contribution in [1.29, 1.82) is 0 Å². The molecule has 3 rings (SSSR count). The van der Waals surface area contributed by atoms with E-state index >= 15 is 0 Å². The van der Waals surface area contributed by atoms with Gasteiger partial charge in [-0.05, 0) is 29.7 Å². The molecule has 0 saturated carbocycles. The van der Waals surface area contributed by atoms with Gasteiger partial charge in [0.05, 0.1) is 12.7 Å². The highest BCUT2D eigenvalue weighted by Crippen LogP contribution is 2.19. The highest BCUT2D eigenvalue weighted by atomic mass is 16.5. The topological polar surface area (TPSA) is 58.6 Å². The molecule has 0 spiro atoms. The minimum Gasteiger partial charge on any atom is -0.465 e. The van der Waals surface area contributed by atoms with Crippen molar-refractivity contribution < 1.29 is 14.3 Å². The molecule has 0 aliphatic carbocycles. The Kier molecular flexibility index (Phi) is 5.33. The largest absolute Gasteiger partial charge is 0.465 e. The normalized spacial score (nSPS) is 13.1. The van der Waals surface area contributed by atoms with E-state index in [9.17, 15) is 9.59 Å². The zero-order valence-corrected chi connectivity index (χ0v) is 14.3. The first kappa shape index (κ1) is 17.0. The van der Waals surface area contributed by atoms with E-state index in [1.807, 2.05) is 29.2 Å². The number of para-hydroxylation sites is 1. The van der Waals surface area contributed by atoms with Crippen LogP contribution in [0.25, 0.3) is 0 Å². The second-order valence-electron chi connectivity index (χ2n) is 6.05. The van der Waals surface area contributed by atoms with Gasteiger partial charge >= 0.3 is 5.97 Å². The number of fused-ring (bicyclic) bond motifs is 1. The SMILES string of the molecule is COC(=O)c1ccccc1NCCC(=O)N1CCc2ccccc2C1. The van der Waals surface area contributed by atoms with E-state index < -0.39 is 0 Å². The molecule has 2 aromatic carbocycles. The number of ether oxygens (including phenoxy) is 1. The van der Waals surface area contributed by atoms with Gasteiger partial charge in [0.1, 0.15) is 0 Å². The van der Waals surface area contributed by atoms with Gasteiger partial charge < -0.3 is 15.0 Å². The molecule has 5 nitrogen and oxygen atoms in total. The zero-order chi connectivity index (χ0) is 17.6. The molecular weight excluding hydrogens is 316 g/mol. The summed E-state index contributed by atoms with van der Waals surface area (Å²) in [6.07, 6.45) is 1.29. The van der Waals surface area contributed by atoms with Gasteiger partial charge in [-0.2, -0.15) is 0 Å². The van der Waals surface area contributed by atoms with Gasteiger partial charge in [-0.1, -0.05) is 36.4 Å². The van der Waals surface area contributed by atoms with Crippen LogP contribution in [0.15, 0.2) is 48.5 Å². The fourth-order valence-corrected chi connectivity index (χ4v) is 3.10. The number of carbonyl (C=O) groups excluding carboxylic acids is 2. The molecule has 0 fully saturated rings.